The van der Waals surface area contributed by atoms with Gasteiger partial charge in [0.05, 0.1) is 16.9 Å². The molecule has 3 aromatic rings. The van der Waals surface area contributed by atoms with Crippen molar-refractivity contribution in [3.05, 3.63) is 73.9 Å². The molecule has 1 aliphatic heterocycles. The number of hydrogen-bond acceptors (Lipinski definition) is 8. The average molecular weight is 672 g/mol. The molecule has 0 aromatic heterocycles. The maximum Gasteiger partial charge on any atom is 0.329 e. The molecule has 0 aliphatic carbocycles. The highest BCUT2D eigenvalue weighted by molar-refractivity contribution is 14.1. The van der Waals surface area contributed by atoms with E-state index >= 15 is 0 Å². The molecule has 12 heteroatoms. The van der Waals surface area contributed by atoms with Gasteiger partial charge in [0, 0.05) is 12.2 Å². The molecular formula is C29H29IN4O7. The van der Waals surface area contributed by atoms with Crippen molar-refractivity contribution in [2.75, 3.05) is 25.8 Å². The van der Waals surface area contributed by atoms with Crippen molar-refractivity contribution in [3.63, 3.8) is 0 Å². The van der Waals surface area contributed by atoms with Crippen molar-refractivity contribution in [1.29, 1.82) is 0 Å². The molecule has 1 heterocycles. The quantitative estimate of drug-likeness (QED) is 0.136. The molecule has 3 N–H and O–H groups in total. The topological polar surface area (TPSA) is 137 Å². The minimum Gasteiger partial charge on any atom is -0.493 e. The molecule has 3 aromatic carbocycles. The number of fused-ring (bicyclic) bond motifs is 1. The molecule has 11 nitrogen and oxygen atoms in total. The van der Waals surface area contributed by atoms with Gasteiger partial charge in [0.15, 0.2) is 29.6 Å². The molecule has 1 aliphatic rings. The Labute approximate surface area is 250 Å². The first kappa shape index (κ1) is 29.6. The van der Waals surface area contributed by atoms with Crippen LogP contribution in [0, 0.1) is 24.3 Å². The Morgan fingerprint density at radius 1 is 1.00 bits per heavy atom. The van der Waals surface area contributed by atoms with Gasteiger partial charge in [0.1, 0.15) is 0 Å². The van der Waals surface area contributed by atoms with Crippen LogP contribution in [0.2, 0.25) is 0 Å². The summed E-state index contributed by atoms with van der Waals surface area (Å²) < 4.78 is 22.5. The van der Waals surface area contributed by atoms with Crippen molar-refractivity contribution >= 4 is 52.2 Å². The van der Waals surface area contributed by atoms with E-state index in [1.165, 1.54) is 13.3 Å². The number of aryl methyl sites for hydroxylation is 3. The number of anilines is 1. The Balaban J connectivity index is 1.30. The second kappa shape index (κ2) is 13.4. The number of methoxy groups -OCH3 is 1. The second-order valence-electron chi connectivity index (χ2n) is 9.21. The summed E-state index contributed by atoms with van der Waals surface area (Å²) in [6.45, 7) is 5.96. The van der Waals surface area contributed by atoms with Crippen molar-refractivity contribution in [2.24, 2.45) is 5.10 Å². The summed E-state index contributed by atoms with van der Waals surface area (Å²) in [6, 6.07) is 12.6. The van der Waals surface area contributed by atoms with Gasteiger partial charge in [-0.05, 0) is 89.9 Å². The van der Waals surface area contributed by atoms with Gasteiger partial charge in [-0.25, -0.2) is 5.43 Å². The third-order valence-electron chi connectivity index (χ3n) is 6.02. The van der Waals surface area contributed by atoms with Gasteiger partial charge in [-0.2, -0.15) is 5.10 Å². The Morgan fingerprint density at radius 3 is 2.46 bits per heavy atom. The lowest BCUT2D eigenvalue weighted by molar-refractivity contribution is -0.139. The van der Waals surface area contributed by atoms with Crippen LogP contribution in [0.1, 0.15) is 27.8 Å². The number of hydrogen-bond donors (Lipinski definition) is 3. The van der Waals surface area contributed by atoms with E-state index in [9.17, 15) is 14.4 Å². The fourth-order valence-electron chi connectivity index (χ4n) is 4.17. The van der Waals surface area contributed by atoms with Gasteiger partial charge in [0.2, 0.25) is 6.79 Å². The number of nitrogens with zero attached hydrogens (tertiary/aromatic N) is 1. The number of nitrogens with one attached hydrogen (secondary N) is 3. The van der Waals surface area contributed by atoms with Gasteiger partial charge >= 0.3 is 11.8 Å². The Kier molecular flexibility index (Phi) is 9.65. The standard InChI is InChI=1S/C29H29IN4O7/c1-16-7-17(2)26(18(3)8-16)33-25(35)14-39-27-21(30)9-20(11-24(27)38-4)13-32-34-29(37)28(36)31-12-19-5-6-22-23(10-19)41-15-40-22/h5-11,13H,12,14-15H2,1-4H3,(H,31,36)(H,33,35)(H,34,37)/b32-13-. The maximum absolute atomic E-state index is 12.6. The van der Waals surface area contributed by atoms with E-state index < -0.39 is 11.8 Å². The lowest BCUT2D eigenvalue weighted by Crippen LogP contribution is -2.37. The number of carbonyl (C=O) groups excluding carboxylic acids is 3. The first-order valence-corrected chi connectivity index (χ1v) is 13.6. The van der Waals surface area contributed by atoms with Crippen LogP contribution in [0.3, 0.4) is 0 Å². The summed E-state index contributed by atoms with van der Waals surface area (Å²) in [5.41, 5.74) is 7.37. The minimum atomic E-state index is -0.923. The molecule has 0 saturated heterocycles. The van der Waals surface area contributed by atoms with Crippen molar-refractivity contribution < 1.29 is 33.3 Å². The molecule has 0 fully saturated rings. The van der Waals surface area contributed by atoms with Gasteiger partial charge in [0.25, 0.3) is 5.91 Å². The molecule has 214 valence electrons. The number of benzene rings is 3. The van der Waals surface area contributed by atoms with Crippen LogP contribution in [0.25, 0.3) is 0 Å². The summed E-state index contributed by atoms with van der Waals surface area (Å²) in [6.07, 6.45) is 1.37. The summed E-state index contributed by atoms with van der Waals surface area (Å²) in [5, 5.41) is 9.31. The number of carbonyl (C=O) groups is 3. The van der Waals surface area contributed by atoms with E-state index in [0.29, 0.717) is 32.1 Å². The molecule has 0 atom stereocenters. The van der Waals surface area contributed by atoms with E-state index in [1.807, 2.05) is 32.9 Å². The highest BCUT2D eigenvalue weighted by Crippen LogP contribution is 2.34. The average Bonchev–Trinajstić information content (AvgIpc) is 3.40. The third-order valence-corrected chi connectivity index (χ3v) is 6.82. The molecule has 0 unspecified atom stereocenters. The minimum absolute atomic E-state index is 0.131. The van der Waals surface area contributed by atoms with Crippen LogP contribution >= 0.6 is 22.6 Å². The molecule has 41 heavy (non-hydrogen) atoms. The zero-order chi connectivity index (χ0) is 29.5. The van der Waals surface area contributed by atoms with Crippen LogP contribution in [0.5, 0.6) is 23.0 Å². The van der Waals surface area contributed by atoms with Crippen LogP contribution in [0.15, 0.2) is 47.6 Å². The SMILES string of the molecule is COc1cc(/C=N\NC(=O)C(=O)NCc2ccc3c(c2)OCO3)cc(I)c1OCC(=O)Nc1c(C)cc(C)cc1C. The monoisotopic (exact) mass is 672 g/mol. The van der Waals surface area contributed by atoms with Crippen molar-refractivity contribution in [1.82, 2.24) is 10.7 Å². The molecule has 0 saturated carbocycles. The van der Waals surface area contributed by atoms with Crippen molar-refractivity contribution in [2.45, 2.75) is 27.3 Å². The molecule has 4 rings (SSSR count). The summed E-state index contributed by atoms with van der Waals surface area (Å²) in [5.74, 6) is -0.0807. The zero-order valence-corrected chi connectivity index (χ0v) is 25.1. The Hall–Kier alpha value is -4.33. The zero-order valence-electron chi connectivity index (χ0n) is 22.9. The first-order chi connectivity index (χ1) is 19.6. The number of hydrazone groups is 1. The normalized spacial score (nSPS) is 11.7. The summed E-state index contributed by atoms with van der Waals surface area (Å²) in [4.78, 5) is 36.9. The van der Waals surface area contributed by atoms with Crippen molar-refractivity contribution in [3.8, 4) is 23.0 Å². The molecule has 0 spiro atoms. The van der Waals surface area contributed by atoms with Gasteiger partial charge in [-0.3, -0.25) is 14.4 Å². The third kappa shape index (κ3) is 7.66. The number of amides is 3. The fraction of sp³-hybridized carbons (Fsp3) is 0.241. The lowest BCUT2D eigenvalue weighted by atomic mass is 10.1. The molecule has 0 radical (unpaired) electrons. The largest absolute Gasteiger partial charge is 0.493 e. The van der Waals surface area contributed by atoms with Crippen LogP contribution in [-0.2, 0) is 20.9 Å². The Bertz CT molecular complexity index is 1500. The van der Waals surface area contributed by atoms with Gasteiger partial charge in [-0.15, -0.1) is 0 Å². The number of ether oxygens (including phenoxy) is 4. The molecule has 0 bridgehead atoms. The number of rotatable bonds is 9. The second-order valence-corrected chi connectivity index (χ2v) is 10.4. The van der Waals surface area contributed by atoms with E-state index in [0.717, 1.165) is 27.9 Å². The van der Waals surface area contributed by atoms with Crippen LogP contribution in [0.4, 0.5) is 5.69 Å². The smallest absolute Gasteiger partial charge is 0.329 e. The number of halogens is 1. The first-order valence-electron chi connectivity index (χ1n) is 12.5. The summed E-state index contributed by atoms with van der Waals surface area (Å²) >= 11 is 2.06. The Morgan fingerprint density at radius 2 is 1.73 bits per heavy atom. The summed E-state index contributed by atoms with van der Waals surface area (Å²) in [7, 11) is 1.48. The lowest BCUT2D eigenvalue weighted by Gasteiger charge is -2.15. The fourth-order valence-corrected chi connectivity index (χ4v) is 4.96. The highest BCUT2D eigenvalue weighted by atomic mass is 127. The molecule has 3 amide bonds. The van der Waals surface area contributed by atoms with E-state index in [1.54, 1.807) is 30.3 Å². The van der Waals surface area contributed by atoms with Crippen LogP contribution in [-0.4, -0.2) is 44.4 Å². The van der Waals surface area contributed by atoms with Gasteiger partial charge in [-0.1, -0.05) is 23.8 Å². The maximum atomic E-state index is 12.6. The van der Waals surface area contributed by atoms with E-state index in [4.69, 9.17) is 18.9 Å². The molecular weight excluding hydrogens is 643 g/mol. The van der Waals surface area contributed by atoms with E-state index in [-0.39, 0.29) is 25.9 Å². The van der Waals surface area contributed by atoms with Crippen LogP contribution < -0.4 is 35.0 Å². The predicted molar refractivity (Wildman–Crippen MR) is 161 cm³/mol. The van der Waals surface area contributed by atoms with E-state index in [2.05, 4.69) is 43.8 Å². The predicted octanol–water partition coefficient (Wildman–Crippen LogP) is 3.74. The van der Waals surface area contributed by atoms with Gasteiger partial charge < -0.3 is 29.6 Å². The highest BCUT2D eigenvalue weighted by Gasteiger charge is 2.17.